The Kier molecular flexibility index (Phi) is 2.76. The molecule has 0 fully saturated rings. The van der Waals surface area contributed by atoms with Gasteiger partial charge in [-0.15, -0.1) is 5.43 Å². The standard InChI is InChI=1S/C4N8O7/c13-10-4(6-12(16)17)2(8-19-10)1-3(5-11(14)15)9-18-7-1/q-2. The Morgan fingerprint density at radius 3 is 2.37 bits per heavy atom. The van der Waals surface area contributed by atoms with E-state index < -0.39 is 33.1 Å². The maximum Gasteiger partial charge on any atom is 0.261 e. The molecule has 2 aromatic heterocycles. The van der Waals surface area contributed by atoms with Crippen molar-refractivity contribution in [1.29, 1.82) is 0 Å². The number of hydrogen-bond acceptors (Lipinski definition) is 10. The minimum atomic E-state index is -1.19. The number of rotatable bonds is 5. The van der Waals surface area contributed by atoms with Crippen LogP contribution >= 0.6 is 0 Å². The summed E-state index contributed by atoms with van der Waals surface area (Å²) in [6, 6.07) is 0. The van der Waals surface area contributed by atoms with Crippen molar-refractivity contribution < 1.29 is 24.2 Å². The maximum absolute atomic E-state index is 11.1. The van der Waals surface area contributed by atoms with Crippen molar-refractivity contribution in [2.75, 3.05) is 0 Å². The molecule has 0 bridgehead atoms. The van der Waals surface area contributed by atoms with Crippen LogP contribution in [0.1, 0.15) is 0 Å². The maximum atomic E-state index is 11.1. The zero-order chi connectivity index (χ0) is 14.0. The van der Waals surface area contributed by atoms with E-state index in [-0.39, 0.29) is 4.90 Å². The second-order valence-electron chi connectivity index (χ2n) is 2.71. The smallest absolute Gasteiger partial charge is 0.261 e. The predicted molar refractivity (Wildman–Crippen MR) is 48.8 cm³/mol. The molecular weight excluding hydrogens is 272 g/mol. The lowest BCUT2D eigenvalue weighted by atomic mass is 10.3. The Morgan fingerprint density at radius 2 is 1.74 bits per heavy atom. The molecule has 100 valence electrons. The lowest BCUT2D eigenvalue weighted by molar-refractivity contribution is -0.793. The van der Waals surface area contributed by atoms with Gasteiger partial charge >= 0.3 is 0 Å². The largest absolute Gasteiger partial charge is 0.459 e. The Morgan fingerprint density at radius 1 is 1.05 bits per heavy atom. The molecule has 2 heterocycles. The van der Waals surface area contributed by atoms with Crippen LogP contribution in [0.5, 0.6) is 0 Å². The summed E-state index contributed by atoms with van der Waals surface area (Å²) in [6.07, 6.45) is 0. The summed E-state index contributed by atoms with van der Waals surface area (Å²) >= 11 is 0. The molecule has 0 aliphatic heterocycles. The zero-order valence-corrected chi connectivity index (χ0v) is 8.44. The van der Waals surface area contributed by atoms with Gasteiger partial charge in [-0.2, -0.15) is 10.1 Å². The van der Waals surface area contributed by atoms with Gasteiger partial charge in [-0.25, -0.2) is 10.1 Å². The third kappa shape index (κ3) is 2.28. The molecule has 0 amide bonds. The lowest BCUT2D eigenvalue weighted by Crippen LogP contribution is -2.23. The van der Waals surface area contributed by atoms with Crippen molar-refractivity contribution in [2.24, 2.45) is 0 Å². The van der Waals surface area contributed by atoms with E-state index >= 15 is 0 Å². The van der Waals surface area contributed by atoms with Crippen molar-refractivity contribution in [1.82, 2.24) is 15.5 Å². The molecule has 15 nitrogen and oxygen atoms in total. The summed E-state index contributed by atoms with van der Waals surface area (Å²) in [5.41, 5.74) is 4.39. The highest BCUT2D eigenvalue weighted by molar-refractivity contribution is 5.75. The molecule has 0 saturated carbocycles. The fourth-order valence-corrected chi connectivity index (χ4v) is 1.03. The molecule has 15 heteroatoms. The van der Waals surface area contributed by atoms with Crippen LogP contribution in [0, 0.1) is 25.4 Å². The predicted octanol–water partition coefficient (Wildman–Crippen LogP) is -0.248. The molecular formula is C4N8O7-2. The van der Waals surface area contributed by atoms with Gasteiger partial charge in [-0.3, -0.25) is 15.3 Å². The first kappa shape index (κ1) is 12.0. The molecule has 2 aromatic rings. The van der Waals surface area contributed by atoms with E-state index in [0.29, 0.717) is 0 Å². The second kappa shape index (κ2) is 4.39. The molecule has 0 saturated heterocycles. The normalized spacial score (nSPS) is 10.1. The van der Waals surface area contributed by atoms with E-state index in [1.54, 1.807) is 0 Å². The Balaban J connectivity index is 2.44. The highest BCUT2D eigenvalue weighted by atomic mass is 16.8. The van der Waals surface area contributed by atoms with Gasteiger partial charge in [0.1, 0.15) is 5.69 Å². The van der Waals surface area contributed by atoms with Gasteiger partial charge in [0.15, 0.2) is 10.7 Å². The van der Waals surface area contributed by atoms with Crippen molar-refractivity contribution in [3.63, 3.8) is 0 Å². The third-order valence-electron chi connectivity index (χ3n) is 1.64. The van der Waals surface area contributed by atoms with Gasteiger partial charge in [0.2, 0.25) is 0 Å². The second-order valence-corrected chi connectivity index (χ2v) is 2.71. The van der Waals surface area contributed by atoms with E-state index in [1.807, 2.05) is 0 Å². The first-order valence-electron chi connectivity index (χ1n) is 4.13. The molecule has 0 unspecified atom stereocenters. The average molecular weight is 272 g/mol. The SMILES string of the molecule is O=[N+]([O-])[N-]c1nonc1-c1no[n+]([O-])c1[N-][N+](=O)[O-]. The van der Waals surface area contributed by atoms with Crippen molar-refractivity contribution >= 4 is 11.6 Å². The van der Waals surface area contributed by atoms with E-state index in [9.17, 15) is 25.4 Å². The van der Waals surface area contributed by atoms with Crippen LogP contribution in [-0.2, 0) is 0 Å². The molecule has 19 heavy (non-hydrogen) atoms. The summed E-state index contributed by atoms with van der Waals surface area (Å²) in [5, 5.41) is 38.5. The summed E-state index contributed by atoms with van der Waals surface area (Å²) in [4.78, 5) is 20.0. The van der Waals surface area contributed by atoms with Gasteiger partial charge in [0, 0.05) is 0 Å². The zero-order valence-electron chi connectivity index (χ0n) is 8.44. The highest BCUT2D eigenvalue weighted by Crippen LogP contribution is 2.34. The van der Waals surface area contributed by atoms with E-state index in [0.717, 1.165) is 0 Å². The number of nitro groups is 2. The first-order valence-corrected chi connectivity index (χ1v) is 4.13. The summed E-state index contributed by atoms with van der Waals surface area (Å²) in [7, 11) is 0. The van der Waals surface area contributed by atoms with Crippen molar-refractivity contribution in [2.45, 2.75) is 0 Å². The van der Waals surface area contributed by atoms with Crippen LogP contribution < -0.4 is 4.90 Å². The molecule has 2 rings (SSSR count). The van der Waals surface area contributed by atoms with Crippen LogP contribution in [0.15, 0.2) is 9.26 Å². The number of nitrogens with zero attached hydrogens (tertiary/aromatic N) is 8. The topological polar surface area (TPSA) is 206 Å². The molecule has 0 aromatic carbocycles. The molecule has 0 aliphatic rings. The van der Waals surface area contributed by atoms with Gasteiger partial charge in [-0.1, -0.05) is 5.16 Å². The van der Waals surface area contributed by atoms with Crippen molar-refractivity contribution in [3.05, 3.63) is 36.3 Å². The highest BCUT2D eigenvalue weighted by Gasteiger charge is 2.22. The van der Waals surface area contributed by atoms with E-state index in [1.165, 1.54) is 0 Å². The summed E-state index contributed by atoms with van der Waals surface area (Å²) in [6.45, 7) is 0. The lowest BCUT2D eigenvalue weighted by Gasteiger charge is -2.01. The Labute approximate surface area is 100 Å². The fourth-order valence-electron chi connectivity index (χ4n) is 1.03. The van der Waals surface area contributed by atoms with E-state index in [4.69, 9.17) is 0 Å². The minimum absolute atomic E-state index is 0.386. The number of aromatic nitrogens is 4. The minimum Gasteiger partial charge on any atom is -0.459 e. The molecule has 0 radical (unpaired) electrons. The summed E-state index contributed by atoms with van der Waals surface area (Å²) < 4.78 is 8.24. The summed E-state index contributed by atoms with van der Waals surface area (Å²) in [5.74, 6) is -1.54. The average Bonchev–Trinajstić information content (AvgIpc) is 2.86. The van der Waals surface area contributed by atoms with Crippen LogP contribution in [0.3, 0.4) is 0 Å². The van der Waals surface area contributed by atoms with Gasteiger partial charge < -0.3 is 14.5 Å². The quantitative estimate of drug-likeness (QED) is 0.395. The Bertz CT molecular complexity index is 631. The van der Waals surface area contributed by atoms with Gasteiger partial charge in [0.05, 0.1) is 16.3 Å². The molecule has 0 aliphatic carbocycles. The van der Waals surface area contributed by atoms with Crippen LogP contribution in [0.4, 0.5) is 11.6 Å². The monoisotopic (exact) mass is 272 g/mol. The first-order chi connectivity index (χ1) is 8.99. The van der Waals surface area contributed by atoms with Crippen LogP contribution in [0.2, 0.25) is 0 Å². The van der Waals surface area contributed by atoms with Gasteiger partial charge in [0.25, 0.3) is 5.82 Å². The third-order valence-corrected chi connectivity index (χ3v) is 1.64. The van der Waals surface area contributed by atoms with Crippen LogP contribution in [0.25, 0.3) is 22.2 Å². The van der Waals surface area contributed by atoms with E-state index in [2.05, 4.69) is 35.6 Å². The van der Waals surface area contributed by atoms with Crippen LogP contribution in [-0.4, -0.2) is 25.5 Å². The fraction of sp³-hybridized carbons (Fsp3) is 0. The molecule has 0 spiro atoms. The van der Waals surface area contributed by atoms with Gasteiger partial charge in [-0.05, 0) is 0 Å². The van der Waals surface area contributed by atoms with Crippen molar-refractivity contribution in [3.8, 4) is 11.4 Å². The molecule has 0 atom stereocenters. The number of hydrogen-bond donors (Lipinski definition) is 0. The Hall–Kier alpha value is -3.52. The molecule has 0 N–H and O–H groups in total.